The van der Waals surface area contributed by atoms with Crippen molar-refractivity contribution in [1.82, 2.24) is 25.2 Å². The van der Waals surface area contributed by atoms with Gasteiger partial charge in [0, 0.05) is 48.6 Å². The minimum absolute atomic E-state index is 0.0229. The summed E-state index contributed by atoms with van der Waals surface area (Å²) in [4.78, 5) is 19.4. The third-order valence-electron chi connectivity index (χ3n) is 12.3. The SMILES string of the molecule is C#Cc1c(F)ccc2cc(O)cc(-c3nc4c5c(nc(OC[C@@]67CCCN6C[C@H](F)C7)nc5c3F)N3C[C@H]5CC[C@H](N5)[C@H]3[C@H](C3CC3)C4)c12. The van der Waals surface area contributed by atoms with Gasteiger partial charge in [0.25, 0.3) is 0 Å². The van der Waals surface area contributed by atoms with E-state index < -0.39 is 23.3 Å². The number of anilines is 1. The molecule has 0 amide bonds. The van der Waals surface area contributed by atoms with Gasteiger partial charge >= 0.3 is 6.01 Å². The number of terminal acetylenes is 1. The molecule has 4 saturated heterocycles. The van der Waals surface area contributed by atoms with Crippen molar-refractivity contribution in [2.24, 2.45) is 11.8 Å². The standard InChI is InChI=1S/C38H37F3N6O2/c1-2-24-27(40)8-6-20-12-23(48)13-26(30(20)24)33-32(41)34-31-29(43-33)14-25(19-4-5-19)35-28-9-7-22(42-28)17-47(35)36(31)45-37(44-34)49-18-38-10-3-11-46(38)16-21(39)15-38/h1,6,8,12-13,19,21-22,25,28,35,42,48H,3-5,7,9-11,14-18H2/t21-,22-,25+,28+,35-,38+/m1/s1. The van der Waals surface area contributed by atoms with Crippen LogP contribution < -0.4 is 15.0 Å². The zero-order chi connectivity index (χ0) is 33.2. The zero-order valence-electron chi connectivity index (χ0n) is 27.1. The Morgan fingerprint density at radius 2 is 1.96 bits per heavy atom. The van der Waals surface area contributed by atoms with Gasteiger partial charge in [-0.15, -0.1) is 6.42 Å². The first-order chi connectivity index (χ1) is 23.8. The van der Waals surface area contributed by atoms with Crippen molar-refractivity contribution in [2.45, 2.75) is 81.2 Å². The molecule has 5 fully saturated rings. The highest BCUT2D eigenvalue weighted by molar-refractivity contribution is 6.03. The summed E-state index contributed by atoms with van der Waals surface area (Å²) in [5.41, 5.74) is 0.459. The van der Waals surface area contributed by atoms with Gasteiger partial charge in [-0.3, -0.25) is 4.90 Å². The number of fused-ring (bicyclic) bond motifs is 7. The number of hydrogen-bond donors (Lipinski definition) is 2. The molecule has 0 unspecified atom stereocenters. The van der Waals surface area contributed by atoms with Crippen molar-refractivity contribution < 1.29 is 23.0 Å². The average molecular weight is 667 g/mol. The molecule has 5 aliphatic heterocycles. The maximum atomic E-state index is 17.3. The van der Waals surface area contributed by atoms with Crippen molar-refractivity contribution in [2.75, 3.05) is 31.1 Å². The van der Waals surface area contributed by atoms with Crippen molar-refractivity contribution in [3.05, 3.63) is 47.2 Å². The van der Waals surface area contributed by atoms with Gasteiger partial charge in [-0.25, -0.2) is 18.2 Å². The molecule has 0 spiro atoms. The van der Waals surface area contributed by atoms with E-state index in [0.717, 1.165) is 51.6 Å². The summed E-state index contributed by atoms with van der Waals surface area (Å²) in [6, 6.07) is 6.44. The second-order valence-corrected chi connectivity index (χ2v) is 15.2. The molecule has 2 aromatic heterocycles. The van der Waals surface area contributed by atoms with Crippen LogP contribution in [0.4, 0.5) is 19.0 Å². The van der Waals surface area contributed by atoms with Crippen LogP contribution in [0, 0.1) is 35.8 Å². The van der Waals surface area contributed by atoms with Gasteiger partial charge in [0.15, 0.2) is 5.82 Å². The molecule has 2 aromatic carbocycles. The molecular weight excluding hydrogens is 629 g/mol. The molecule has 4 aromatic rings. The number of aromatic hydroxyl groups is 1. The minimum atomic E-state index is -0.911. The summed E-state index contributed by atoms with van der Waals surface area (Å²) in [5.74, 6) is 2.40. The van der Waals surface area contributed by atoms with E-state index in [2.05, 4.69) is 21.0 Å². The predicted molar refractivity (Wildman–Crippen MR) is 179 cm³/mol. The third kappa shape index (κ3) is 4.49. The van der Waals surface area contributed by atoms with Crippen LogP contribution in [0.1, 0.15) is 56.2 Å². The van der Waals surface area contributed by atoms with Crippen LogP contribution in [-0.2, 0) is 6.42 Å². The quantitative estimate of drug-likeness (QED) is 0.264. The Kier molecular flexibility index (Phi) is 6.48. The molecule has 49 heavy (non-hydrogen) atoms. The van der Waals surface area contributed by atoms with E-state index in [0.29, 0.717) is 59.0 Å². The number of ether oxygens (including phenoxy) is 1. The number of phenols is 1. The number of nitrogens with zero attached hydrogens (tertiary/aromatic N) is 5. The van der Waals surface area contributed by atoms with Crippen LogP contribution in [0.15, 0.2) is 24.3 Å². The molecule has 0 radical (unpaired) electrons. The van der Waals surface area contributed by atoms with Crippen molar-refractivity contribution in [3.63, 3.8) is 0 Å². The molecule has 1 aliphatic carbocycles. The lowest BCUT2D eigenvalue weighted by atomic mass is 9.84. The molecule has 6 atom stereocenters. The largest absolute Gasteiger partial charge is 0.508 e. The average Bonchev–Trinajstić information content (AvgIpc) is 3.69. The molecule has 6 aliphatic rings. The number of phenolic OH excluding ortho intramolecular Hbond substituents is 1. The molecular formula is C38H37F3N6O2. The number of aromatic nitrogens is 3. The van der Waals surface area contributed by atoms with Gasteiger partial charge in [-0.1, -0.05) is 12.0 Å². The van der Waals surface area contributed by atoms with Crippen LogP contribution in [0.25, 0.3) is 32.9 Å². The third-order valence-corrected chi connectivity index (χ3v) is 12.3. The van der Waals surface area contributed by atoms with Gasteiger partial charge in [0.2, 0.25) is 0 Å². The van der Waals surface area contributed by atoms with E-state index in [1.54, 1.807) is 0 Å². The van der Waals surface area contributed by atoms with Crippen LogP contribution in [0.5, 0.6) is 11.8 Å². The number of nitrogens with one attached hydrogen (secondary N) is 1. The summed E-state index contributed by atoms with van der Waals surface area (Å²) in [6.45, 7) is 2.17. The number of halogens is 3. The van der Waals surface area contributed by atoms with Crippen molar-refractivity contribution in [1.29, 1.82) is 0 Å². The van der Waals surface area contributed by atoms with Crippen molar-refractivity contribution in [3.8, 4) is 35.4 Å². The highest BCUT2D eigenvalue weighted by atomic mass is 19.1. The maximum absolute atomic E-state index is 17.3. The van der Waals surface area contributed by atoms with E-state index in [4.69, 9.17) is 26.1 Å². The molecule has 8 nitrogen and oxygen atoms in total. The molecule has 1 saturated carbocycles. The first kappa shape index (κ1) is 29.7. The fourth-order valence-electron chi connectivity index (χ4n) is 10.1. The Bertz CT molecular complexity index is 2100. The van der Waals surface area contributed by atoms with Crippen LogP contribution in [-0.4, -0.2) is 81.0 Å². The summed E-state index contributed by atoms with van der Waals surface area (Å²) in [6.07, 6.45) is 12.1. The summed E-state index contributed by atoms with van der Waals surface area (Å²) >= 11 is 0. The number of rotatable bonds is 5. The Balaban J connectivity index is 1.20. The van der Waals surface area contributed by atoms with Gasteiger partial charge in [-0.2, -0.15) is 9.97 Å². The van der Waals surface area contributed by atoms with E-state index >= 15 is 8.78 Å². The lowest BCUT2D eigenvalue weighted by Gasteiger charge is -2.45. The van der Waals surface area contributed by atoms with Crippen LogP contribution in [0.2, 0.25) is 0 Å². The van der Waals surface area contributed by atoms with E-state index in [1.807, 2.05) is 0 Å². The Morgan fingerprint density at radius 1 is 1.08 bits per heavy atom. The summed E-state index contributed by atoms with van der Waals surface area (Å²) < 4.78 is 53.5. The maximum Gasteiger partial charge on any atom is 0.319 e. The van der Waals surface area contributed by atoms with Crippen LogP contribution in [0.3, 0.4) is 0 Å². The van der Waals surface area contributed by atoms with E-state index in [9.17, 15) is 9.50 Å². The number of alkyl halides is 1. The normalized spacial score (nSPS) is 30.4. The van der Waals surface area contributed by atoms with Crippen molar-refractivity contribution >= 4 is 27.5 Å². The predicted octanol–water partition coefficient (Wildman–Crippen LogP) is 5.66. The van der Waals surface area contributed by atoms with Gasteiger partial charge in [-0.05, 0) is 86.9 Å². The smallest absolute Gasteiger partial charge is 0.319 e. The minimum Gasteiger partial charge on any atom is -0.508 e. The zero-order valence-corrected chi connectivity index (χ0v) is 27.1. The Morgan fingerprint density at radius 3 is 2.80 bits per heavy atom. The molecule has 2 bridgehead atoms. The summed E-state index contributed by atoms with van der Waals surface area (Å²) in [5, 5.41) is 16.0. The summed E-state index contributed by atoms with van der Waals surface area (Å²) in [7, 11) is 0. The number of hydrogen-bond acceptors (Lipinski definition) is 8. The van der Waals surface area contributed by atoms with Gasteiger partial charge in [0.05, 0.1) is 22.2 Å². The first-order valence-corrected chi connectivity index (χ1v) is 17.7. The number of piperazine rings is 1. The van der Waals surface area contributed by atoms with E-state index in [-0.39, 0.29) is 58.7 Å². The highest BCUT2D eigenvalue weighted by Gasteiger charge is 2.52. The van der Waals surface area contributed by atoms with Gasteiger partial charge < -0.3 is 20.1 Å². The lowest BCUT2D eigenvalue weighted by Crippen LogP contribution is -2.61. The molecule has 10 rings (SSSR count). The number of pyridine rings is 1. The second-order valence-electron chi connectivity index (χ2n) is 15.2. The highest BCUT2D eigenvalue weighted by Crippen LogP contribution is 2.50. The lowest BCUT2D eigenvalue weighted by molar-refractivity contribution is 0.107. The monoisotopic (exact) mass is 666 g/mol. The van der Waals surface area contributed by atoms with E-state index in [1.165, 1.54) is 24.3 Å². The molecule has 2 N–H and O–H groups in total. The Labute approximate surface area is 282 Å². The fourth-order valence-corrected chi connectivity index (χ4v) is 10.1. The topological polar surface area (TPSA) is 86.6 Å². The first-order valence-electron chi connectivity index (χ1n) is 17.7. The molecule has 7 heterocycles. The fraction of sp³-hybridized carbons (Fsp3) is 0.500. The number of benzene rings is 2. The molecule has 11 heteroatoms. The second kappa shape index (κ2) is 10.7. The van der Waals surface area contributed by atoms with Gasteiger partial charge in [0.1, 0.15) is 41.4 Å². The Hall–Kier alpha value is -4.14. The molecule has 252 valence electrons. The van der Waals surface area contributed by atoms with Crippen LogP contribution >= 0.6 is 0 Å².